The van der Waals surface area contributed by atoms with E-state index in [-0.39, 0.29) is 37.7 Å². The Morgan fingerprint density at radius 3 is 2.27 bits per heavy atom. The van der Waals surface area contributed by atoms with Gasteiger partial charge in [0.15, 0.2) is 0 Å². The van der Waals surface area contributed by atoms with Crippen LogP contribution in [-0.4, -0.2) is 54.1 Å². The molecule has 1 amide bonds. The van der Waals surface area contributed by atoms with Gasteiger partial charge in [-0.1, -0.05) is 13.8 Å². The molecule has 0 N–H and O–H groups in total. The Hall–Kier alpha value is 1.23. The summed E-state index contributed by atoms with van der Waals surface area (Å²) < 4.78 is 5.51. The van der Waals surface area contributed by atoms with Gasteiger partial charge in [-0.15, -0.1) is 0 Å². The Balaban J connectivity index is 0. The number of hydrogen-bond donors (Lipinski definition) is 2. The van der Waals surface area contributed by atoms with Crippen LogP contribution in [0.3, 0.4) is 0 Å². The van der Waals surface area contributed by atoms with Crippen molar-refractivity contribution in [3.05, 3.63) is 0 Å². The van der Waals surface area contributed by atoms with Crippen molar-refractivity contribution >= 4 is 69.5 Å². The van der Waals surface area contributed by atoms with Crippen LogP contribution in [0.5, 0.6) is 0 Å². The van der Waals surface area contributed by atoms with Crippen LogP contribution in [0.4, 0.5) is 4.79 Å². The van der Waals surface area contributed by atoms with Crippen molar-refractivity contribution in [3.8, 4) is 0 Å². The summed E-state index contributed by atoms with van der Waals surface area (Å²) in [6, 6.07) is 0. The first-order chi connectivity index (χ1) is 4.54. The van der Waals surface area contributed by atoms with E-state index in [1.54, 1.807) is 0 Å². The molecule has 0 saturated heterocycles. The molecule has 0 rings (SSSR count). The van der Waals surface area contributed by atoms with Crippen LogP contribution in [-0.2, 0) is 4.74 Å². The Kier molecular flexibility index (Phi) is 10.5. The van der Waals surface area contributed by atoms with Crippen molar-refractivity contribution in [3.63, 3.8) is 0 Å². The first kappa shape index (κ1) is 14.7. The average Bonchev–Trinajstić information content (AvgIpc) is 1.82. The maximum absolute atomic E-state index is 10.6. The zero-order valence-corrected chi connectivity index (χ0v) is 7.73. The molecular weight excluding hydrogens is 210 g/mol. The quantitative estimate of drug-likeness (QED) is 0.537. The summed E-state index contributed by atoms with van der Waals surface area (Å²) in [7, 11) is 0. The Labute approximate surface area is 108 Å². The molecule has 0 unspecified atom stereocenters. The van der Waals surface area contributed by atoms with Gasteiger partial charge in [0.05, 0.1) is 6.61 Å². The molecule has 0 bridgehead atoms. The van der Waals surface area contributed by atoms with E-state index in [0.717, 1.165) is 3.71 Å². The van der Waals surface area contributed by atoms with Crippen LogP contribution in [0.15, 0.2) is 0 Å². The molecule has 0 aliphatic heterocycles. The van der Waals surface area contributed by atoms with Gasteiger partial charge >= 0.3 is 43.8 Å². The fourth-order valence-corrected chi connectivity index (χ4v) is 0.411. The standard InChI is InChI=1S/C5H11NO2S2.Ca.2H/c1-4(2)3-8-5(7)6(9)10;;;/h4,9-10H,3H2,1-2H3;;;. The number of amides is 1. The van der Waals surface area contributed by atoms with Crippen molar-refractivity contribution < 1.29 is 9.53 Å². The number of rotatable bonds is 2. The SMILES string of the molecule is CC(C)COC(=O)N(S)S.[CaH2]. The zero-order valence-electron chi connectivity index (χ0n) is 5.94. The van der Waals surface area contributed by atoms with E-state index in [1.165, 1.54) is 0 Å². The number of carbonyl (C=O) groups excluding carboxylic acids is 1. The van der Waals surface area contributed by atoms with Gasteiger partial charge in [0.1, 0.15) is 0 Å². The summed E-state index contributed by atoms with van der Waals surface area (Å²) in [5.41, 5.74) is 0. The van der Waals surface area contributed by atoms with E-state index >= 15 is 0 Å². The van der Waals surface area contributed by atoms with Gasteiger partial charge in [0.25, 0.3) is 0 Å². The van der Waals surface area contributed by atoms with Gasteiger partial charge in [-0.05, 0) is 31.5 Å². The molecule has 0 spiro atoms. The maximum atomic E-state index is 10.6. The number of nitrogens with zero attached hydrogens (tertiary/aromatic N) is 1. The van der Waals surface area contributed by atoms with Gasteiger partial charge in [-0.2, -0.15) is 3.71 Å². The predicted octanol–water partition coefficient (Wildman–Crippen LogP) is 0.854. The fraction of sp³-hybridized carbons (Fsp3) is 0.800. The minimum absolute atomic E-state index is 0. The van der Waals surface area contributed by atoms with Gasteiger partial charge in [0.2, 0.25) is 0 Å². The topological polar surface area (TPSA) is 29.5 Å². The normalized spacial score (nSPS) is 8.82. The molecule has 0 aliphatic rings. The van der Waals surface area contributed by atoms with Gasteiger partial charge in [-0.3, -0.25) is 0 Å². The van der Waals surface area contributed by atoms with E-state index in [2.05, 4.69) is 25.6 Å². The van der Waals surface area contributed by atoms with Crippen LogP contribution in [0.25, 0.3) is 0 Å². The molecule has 0 aliphatic carbocycles. The molecule has 0 atom stereocenters. The second-order valence-electron chi connectivity index (χ2n) is 2.26. The molecule has 11 heavy (non-hydrogen) atoms. The van der Waals surface area contributed by atoms with Crippen LogP contribution in [0.2, 0.25) is 0 Å². The number of thiol groups is 2. The van der Waals surface area contributed by atoms with Crippen LogP contribution >= 0.6 is 25.6 Å². The predicted molar refractivity (Wildman–Crippen MR) is 54.5 cm³/mol. The summed E-state index contributed by atoms with van der Waals surface area (Å²) >= 11 is 7.24. The summed E-state index contributed by atoms with van der Waals surface area (Å²) in [5.74, 6) is 0.338. The summed E-state index contributed by atoms with van der Waals surface area (Å²) in [5, 5.41) is 0. The number of hydrogen-bond acceptors (Lipinski definition) is 4. The summed E-state index contributed by atoms with van der Waals surface area (Å²) in [6.07, 6.45) is -0.541. The fourth-order valence-electron chi connectivity index (χ4n) is 0.296. The van der Waals surface area contributed by atoms with Crippen molar-refractivity contribution in [2.24, 2.45) is 5.92 Å². The second-order valence-corrected chi connectivity index (χ2v) is 3.38. The molecule has 6 heteroatoms. The minimum atomic E-state index is -0.541. The zero-order chi connectivity index (χ0) is 8.15. The molecule has 0 saturated carbocycles. The van der Waals surface area contributed by atoms with E-state index < -0.39 is 6.09 Å². The van der Waals surface area contributed by atoms with Crippen LogP contribution < -0.4 is 0 Å². The third-order valence-corrected chi connectivity index (χ3v) is 1.03. The van der Waals surface area contributed by atoms with Crippen molar-refractivity contribution in [1.82, 2.24) is 3.71 Å². The van der Waals surface area contributed by atoms with Gasteiger partial charge < -0.3 is 4.74 Å². The third-order valence-electron chi connectivity index (χ3n) is 0.703. The molecule has 3 nitrogen and oxygen atoms in total. The monoisotopic (exact) mass is 223 g/mol. The summed E-state index contributed by atoms with van der Waals surface area (Å²) in [6.45, 7) is 4.31. The van der Waals surface area contributed by atoms with Crippen molar-refractivity contribution in [1.29, 1.82) is 0 Å². The van der Waals surface area contributed by atoms with Crippen molar-refractivity contribution in [2.75, 3.05) is 6.61 Å². The van der Waals surface area contributed by atoms with E-state index in [4.69, 9.17) is 4.74 Å². The molecule has 0 fully saturated rings. The molecule has 0 aromatic rings. The average molecular weight is 223 g/mol. The number of ether oxygens (including phenoxy) is 1. The molecule has 0 radical (unpaired) electrons. The van der Waals surface area contributed by atoms with E-state index in [9.17, 15) is 4.79 Å². The first-order valence-electron chi connectivity index (χ1n) is 2.88. The van der Waals surface area contributed by atoms with E-state index in [1.807, 2.05) is 13.8 Å². The van der Waals surface area contributed by atoms with Gasteiger partial charge in [-0.25, -0.2) is 4.79 Å². The molecule has 0 heterocycles. The Bertz CT molecular complexity index is 121. The van der Waals surface area contributed by atoms with Crippen LogP contribution in [0.1, 0.15) is 13.8 Å². The first-order valence-corrected chi connectivity index (χ1v) is 3.68. The van der Waals surface area contributed by atoms with E-state index in [0.29, 0.717) is 12.5 Å². The number of carbonyl (C=O) groups is 1. The molecule has 64 valence electrons. The molecule has 0 aromatic carbocycles. The Morgan fingerprint density at radius 1 is 1.55 bits per heavy atom. The second kappa shape index (κ2) is 7.86. The van der Waals surface area contributed by atoms with Crippen molar-refractivity contribution in [2.45, 2.75) is 13.8 Å². The summed E-state index contributed by atoms with van der Waals surface area (Å²) in [4.78, 5) is 10.6. The van der Waals surface area contributed by atoms with Crippen LogP contribution in [0, 0.1) is 5.92 Å². The Morgan fingerprint density at radius 2 is 2.00 bits per heavy atom. The molecule has 0 aromatic heterocycles. The molecular formula is C5H13CaNO2S2. The third kappa shape index (κ3) is 9.14. The van der Waals surface area contributed by atoms with Gasteiger partial charge in [0, 0.05) is 0 Å².